The molecule has 2 aromatic carbocycles. The maximum absolute atomic E-state index is 12.6. The largest absolute Gasteiger partial charge is 0.497 e. The predicted molar refractivity (Wildman–Crippen MR) is 113 cm³/mol. The van der Waals surface area contributed by atoms with E-state index in [0.717, 1.165) is 5.56 Å². The SMILES string of the molecule is COc1ccc(N2C(=O)C(=O)[C@H]2[C@H](Cc2ccccc2)NC(=O)OC(C)(C)C)cc1. The molecule has 7 heteroatoms. The number of rotatable bonds is 6. The van der Waals surface area contributed by atoms with Crippen LogP contribution >= 0.6 is 0 Å². The Balaban J connectivity index is 1.88. The lowest BCUT2D eigenvalue weighted by atomic mass is 9.88. The number of nitrogens with zero attached hydrogens (tertiary/aromatic N) is 1. The molecule has 2 aromatic rings. The average molecular weight is 410 g/mol. The molecule has 0 radical (unpaired) electrons. The van der Waals surface area contributed by atoms with Crippen molar-refractivity contribution < 1.29 is 23.9 Å². The van der Waals surface area contributed by atoms with Gasteiger partial charge < -0.3 is 14.8 Å². The minimum Gasteiger partial charge on any atom is -0.497 e. The van der Waals surface area contributed by atoms with Crippen LogP contribution in [0.5, 0.6) is 5.75 Å². The van der Waals surface area contributed by atoms with Gasteiger partial charge in [0.25, 0.3) is 5.91 Å². The van der Waals surface area contributed by atoms with Crippen molar-refractivity contribution in [1.29, 1.82) is 0 Å². The number of benzene rings is 2. The number of hydrogen-bond donors (Lipinski definition) is 1. The fourth-order valence-corrected chi connectivity index (χ4v) is 3.37. The third-order valence-corrected chi connectivity index (χ3v) is 4.71. The highest BCUT2D eigenvalue weighted by Gasteiger charge is 2.51. The van der Waals surface area contributed by atoms with Gasteiger partial charge in [-0.05, 0) is 57.0 Å². The van der Waals surface area contributed by atoms with E-state index in [1.165, 1.54) is 4.90 Å². The molecule has 1 N–H and O–H groups in total. The molecule has 0 spiro atoms. The van der Waals surface area contributed by atoms with Crippen LogP contribution in [0.15, 0.2) is 54.6 Å². The minimum atomic E-state index is -0.821. The molecule has 1 aliphatic heterocycles. The van der Waals surface area contributed by atoms with E-state index < -0.39 is 35.5 Å². The second kappa shape index (κ2) is 8.57. The number of anilines is 1. The fraction of sp³-hybridized carbons (Fsp3) is 0.348. The Labute approximate surface area is 176 Å². The van der Waals surface area contributed by atoms with Gasteiger partial charge in [0.2, 0.25) is 5.78 Å². The van der Waals surface area contributed by atoms with Crippen molar-refractivity contribution in [3.05, 3.63) is 60.2 Å². The Kier molecular flexibility index (Phi) is 6.10. The van der Waals surface area contributed by atoms with Gasteiger partial charge >= 0.3 is 6.09 Å². The van der Waals surface area contributed by atoms with E-state index in [1.807, 2.05) is 30.3 Å². The van der Waals surface area contributed by atoms with Crippen LogP contribution in [0.25, 0.3) is 0 Å². The lowest BCUT2D eigenvalue weighted by molar-refractivity contribution is -0.144. The van der Waals surface area contributed by atoms with Crippen LogP contribution in [0.1, 0.15) is 26.3 Å². The van der Waals surface area contributed by atoms with Gasteiger partial charge in [0.05, 0.1) is 13.2 Å². The lowest BCUT2D eigenvalue weighted by Gasteiger charge is -2.43. The summed E-state index contributed by atoms with van der Waals surface area (Å²) in [5.74, 6) is -0.501. The van der Waals surface area contributed by atoms with E-state index in [2.05, 4.69) is 5.32 Å². The number of alkyl carbamates (subject to hydrolysis) is 1. The summed E-state index contributed by atoms with van der Waals surface area (Å²) in [6, 6.07) is 14.9. The molecular formula is C23H26N2O5. The Hall–Kier alpha value is -3.35. The average Bonchev–Trinajstić information content (AvgIpc) is 2.70. The smallest absolute Gasteiger partial charge is 0.407 e. The van der Waals surface area contributed by atoms with Gasteiger partial charge in [0, 0.05) is 5.69 Å². The first-order chi connectivity index (χ1) is 14.2. The number of amides is 2. The van der Waals surface area contributed by atoms with Crippen molar-refractivity contribution in [3.63, 3.8) is 0 Å². The van der Waals surface area contributed by atoms with E-state index in [9.17, 15) is 14.4 Å². The van der Waals surface area contributed by atoms with Gasteiger partial charge in [-0.2, -0.15) is 0 Å². The summed E-state index contributed by atoms with van der Waals surface area (Å²) >= 11 is 0. The molecule has 1 saturated heterocycles. The van der Waals surface area contributed by atoms with Crippen molar-refractivity contribution in [2.24, 2.45) is 0 Å². The topological polar surface area (TPSA) is 84.9 Å². The van der Waals surface area contributed by atoms with Crippen molar-refractivity contribution in [3.8, 4) is 5.75 Å². The molecule has 7 nitrogen and oxygen atoms in total. The Morgan fingerprint density at radius 2 is 1.70 bits per heavy atom. The van der Waals surface area contributed by atoms with E-state index in [0.29, 0.717) is 17.9 Å². The highest BCUT2D eigenvalue weighted by atomic mass is 16.6. The zero-order chi connectivity index (χ0) is 21.9. The van der Waals surface area contributed by atoms with Gasteiger partial charge in [0.15, 0.2) is 0 Å². The number of carbonyl (C=O) groups is 3. The summed E-state index contributed by atoms with van der Waals surface area (Å²) in [7, 11) is 1.55. The zero-order valence-electron chi connectivity index (χ0n) is 17.5. The van der Waals surface area contributed by atoms with E-state index in [-0.39, 0.29) is 0 Å². The molecular weight excluding hydrogens is 384 g/mol. The normalized spacial score (nSPS) is 17.2. The summed E-state index contributed by atoms with van der Waals surface area (Å²) in [5.41, 5.74) is 0.811. The molecule has 1 heterocycles. The number of methoxy groups -OCH3 is 1. The molecule has 1 fully saturated rings. The van der Waals surface area contributed by atoms with Crippen LogP contribution in [0.3, 0.4) is 0 Å². The van der Waals surface area contributed by atoms with Crippen LogP contribution in [0.2, 0.25) is 0 Å². The van der Waals surface area contributed by atoms with Gasteiger partial charge in [-0.15, -0.1) is 0 Å². The maximum atomic E-state index is 12.6. The molecule has 0 aliphatic carbocycles. The molecule has 0 aromatic heterocycles. The van der Waals surface area contributed by atoms with Crippen LogP contribution in [-0.2, 0) is 20.7 Å². The fourth-order valence-electron chi connectivity index (χ4n) is 3.37. The second-order valence-electron chi connectivity index (χ2n) is 8.12. The minimum absolute atomic E-state index is 0.371. The third-order valence-electron chi connectivity index (χ3n) is 4.71. The van der Waals surface area contributed by atoms with Crippen molar-refractivity contribution in [2.75, 3.05) is 12.0 Å². The number of carbonyl (C=O) groups excluding carboxylic acids is 3. The molecule has 0 saturated carbocycles. The third kappa shape index (κ3) is 4.79. The molecule has 158 valence electrons. The zero-order valence-corrected chi connectivity index (χ0v) is 17.5. The predicted octanol–water partition coefficient (Wildman–Crippen LogP) is 3.12. The lowest BCUT2D eigenvalue weighted by Crippen LogP contribution is -2.70. The summed E-state index contributed by atoms with van der Waals surface area (Å²) in [6.07, 6.45) is -0.263. The Morgan fingerprint density at radius 3 is 2.27 bits per heavy atom. The monoisotopic (exact) mass is 410 g/mol. The van der Waals surface area contributed by atoms with Crippen molar-refractivity contribution in [1.82, 2.24) is 5.32 Å². The van der Waals surface area contributed by atoms with Crippen molar-refractivity contribution >= 4 is 23.5 Å². The van der Waals surface area contributed by atoms with Gasteiger partial charge in [-0.1, -0.05) is 30.3 Å². The summed E-state index contributed by atoms with van der Waals surface area (Å²) in [4.78, 5) is 38.8. The van der Waals surface area contributed by atoms with Crippen LogP contribution in [0, 0.1) is 0 Å². The van der Waals surface area contributed by atoms with Crippen LogP contribution in [-0.4, -0.2) is 42.6 Å². The van der Waals surface area contributed by atoms with Crippen LogP contribution < -0.4 is 15.0 Å². The number of ketones is 1. The van der Waals surface area contributed by atoms with E-state index in [1.54, 1.807) is 52.1 Å². The molecule has 0 bridgehead atoms. The summed E-state index contributed by atoms with van der Waals surface area (Å²) in [5, 5.41) is 2.80. The van der Waals surface area contributed by atoms with Crippen molar-refractivity contribution in [2.45, 2.75) is 44.9 Å². The first-order valence-electron chi connectivity index (χ1n) is 9.74. The molecule has 3 rings (SSSR count). The van der Waals surface area contributed by atoms with Crippen LogP contribution in [0.4, 0.5) is 10.5 Å². The number of Topliss-reactive ketones (excluding diaryl/α,β-unsaturated/α-hetero) is 1. The highest BCUT2D eigenvalue weighted by molar-refractivity contribution is 6.52. The number of β-lactam (4-membered cyclic amide) rings is 1. The first kappa shape index (κ1) is 21.4. The maximum Gasteiger partial charge on any atom is 0.407 e. The molecule has 30 heavy (non-hydrogen) atoms. The highest BCUT2D eigenvalue weighted by Crippen LogP contribution is 2.30. The number of nitrogens with one attached hydrogen (secondary N) is 1. The molecule has 2 atom stereocenters. The first-order valence-corrected chi connectivity index (χ1v) is 9.74. The van der Waals surface area contributed by atoms with Gasteiger partial charge in [-0.25, -0.2) is 4.79 Å². The number of hydrogen-bond acceptors (Lipinski definition) is 5. The standard InChI is InChI=1S/C23H26N2O5/c1-23(2,3)30-22(28)24-18(14-15-8-6-5-7-9-15)19-20(26)21(27)25(19)16-10-12-17(29-4)13-11-16/h5-13,18-19H,14H2,1-4H3,(H,24,28)/t18-,19+/m0/s1. The summed E-state index contributed by atoms with van der Waals surface area (Å²) < 4.78 is 10.5. The quantitative estimate of drug-likeness (QED) is 0.584. The van der Waals surface area contributed by atoms with E-state index in [4.69, 9.17) is 9.47 Å². The molecule has 0 unspecified atom stereocenters. The second-order valence-corrected chi connectivity index (χ2v) is 8.12. The number of ether oxygens (including phenoxy) is 2. The molecule has 2 amide bonds. The Bertz CT molecular complexity index is 919. The van der Waals surface area contributed by atoms with Gasteiger partial charge in [0.1, 0.15) is 17.4 Å². The van der Waals surface area contributed by atoms with Gasteiger partial charge in [-0.3, -0.25) is 14.5 Å². The summed E-state index contributed by atoms with van der Waals surface area (Å²) in [6.45, 7) is 5.29. The van der Waals surface area contributed by atoms with E-state index >= 15 is 0 Å². The Morgan fingerprint density at radius 1 is 1.07 bits per heavy atom. The molecule has 1 aliphatic rings.